The van der Waals surface area contributed by atoms with Gasteiger partial charge in [-0.25, -0.2) is 0 Å². The number of rotatable bonds is 4. The topological polar surface area (TPSA) is 50.8 Å². The van der Waals surface area contributed by atoms with Crippen LogP contribution < -0.4 is 5.32 Å². The van der Waals surface area contributed by atoms with Crippen molar-refractivity contribution in [1.29, 1.82) is 0 Å². The minimum atomic E-state index is -0.348. The fraction of sp³-hybridized carbons (Fsp3) is 0.650. The summed E-state index contributed by atoms with van der Waals surface area (Å²) in [5.74, 6) is 0.363. The van der Waals surface area contributed by atoms with Gasteiger partial charge in [0.2, 0.25) is 5.91 Å². The molecule has 1 spiro atoms. The highest BCUT2D eigenvalue weighted by molar-refractivity contribution is 5.78. The van der Waals surface area contributed by atoms with Crippen molar-refractivity contribution in [1.82, 2.24) is 10.2 Å². The first kappa shape index (κ1) is 17.0. The Balaban J connectivity index is 1.21. The first-order chi connectivity index (χ1) is 12.2. The van der Waals surface area contributed by atoms with E-state index >= 15 is 0 Å². The maximum absolute atomic E-state index is 12.4. The van der Waals surface area contributed by atoms with Crippen LogP contribution in [0.25, 0.3) is 0 Å². The average molecular weight is 344 g/mol. The quantitative estimate of drug-likeness (QED) is 0.910. The smallest absolute Gasteiger partial charge is 0.234 e. The molecule has 3 fully saturated rings. The first-order valence-corrected chi connectivity index (χ1v) is 9.57. The Kier molecular flexibility index (Phi) is 5.06. The summed E-state index contributed by atoms with van der Waals surface area (Å²) in [4.78, 5) is 14.7. The van der Waals surface area contributed by atoms with Gasteiger partial charge in [0.1, 0.15) is 0 Å². The van der Waals surface area contributed by atoms with Crippen LogP contribution in [0.3, 0.4) is 0 Å². The molecule has 0 aromatic heterocycles. The van der Waals surface area contributed by atoms with Crippen molar-refractivity contribution in [3.05, 3.63) is 35.9 Å². The van der Waals surface area contributed by atoms with Crippen LogP contribution in [0.4, 0.5) is 0 Å². The third-order valence-electron chi connectivity index (χ3n) is 5.84. The fourth-order valence-electron chi connectivity index (χ4n) is 4.44. The summed E-state index contributed by atoms with van der Waals surface area (Å²) in [6.07, 6.45) is 4.80. The van der Waals surface area contributed by atoms with Gasteiger partial charge < -0.3 is 14.8 Å². The lowest BCUT2D eigenvalue weighted by Gasteiger charge is -2.35. The molecule has 2 aliphatic heterocycles. The molecular formula is C20H28N2O3. The maximum atomic E-state index is 12.4. The Bertz CT molecular complexity index is 576. The van der Waals surface area contributed by atoms with Gasteiger partial charge in [-0.2, -0.15) is 0 Å². The normalized spacial score (nSPS) is 27.0. The molecule has 0 unspecified atom stereocenters. The second-order valence-corrected chi connectivity index (χ2v) is 7.58. The molecule has 1 amide bonds. The Labute approximate surface area is 149 Å². The van der Waals surface area contributed by atoms with Gasteiger partial charge in [-0.15, -0.1) is 0 Å². The second kappa shape index (κ2) is 7.44. The molecule has 2 saturated heterocycles. The van der Waals surface area contributed by atoms with Crippen LogP contribution in [0.2, 0.25) is 0 Å². The molecule has 1 N–H and O–H groups in total. The van der Waals surface area contributed by atoms with Crippen molar-refractivity contribution in [2.75, 3.05) is 32.8 Å². The van der Waals surface area contributed by atoms with E-state index in [4.69, 9.17) is 9.47 Å². The van der Waals surface area contributed by atoms with Crippen LogP contribution in [-0.2, 0) is 14.3 Å². The van der Waals surface area contributed by atoms with E-state index in [1.165, 1.54) is 5.56 Å². The largest absolute Gasteiger partial charge is 0.352 e. The Hall–Kier alpha value is -1.43. The summed E-state index contributed by atoms with van der Waals surface area (Å²) in [6.45, 7) is 3.90. The zero-order valence-electron chi connectivity index (χ0n) is 14.8. The van der Waals surface area contributed by atoms with E-state index in [2.05, 4.69) is 40.5 Å². The first-order valence-electron chi connectivity index (χ1n) is 9.57. The van der Waals surface area contributed by atoms with Crippen LogP contribution in [0, 0.1) is 0 Å². The summed E-state index contributed by atoms with van der Waals surface area (Å²) in [5, 5.41) is 3.22. The van der Waals surface area contributed by atoms with E-state index in [0.717, 1.165) is 45.2 Å². The number of carbonyl (C=O) groups is 1. The highest BCUT2D eigenvalue weighted by Crippen LogP contribution is 2.35. The third-order valence-corrected chi connectivity index (χ3v) is 5.84. The van der Waals surface area contributed by atoms with Gasteiger partial charge in [-0.1, -0.05) is 30.3 Å². The molecule has 1 aromatic rings. The van der Waals surface area contributed by atoms with Gasteiger partial charge in [0, 0.05) is 25.4 Å². The molecule has 5 heteroatoms. The van der Waals surface area contributed by atoms with Crippen LogP contribution in [0.5, 0.6) is 0 Å². The molecule has 1 atom stereocenters. The molecule has 0 radical (unpaired) electrons. The molecule has 1 aromatic carbocycles. The number of hydrogen-bond donors (Lipinski definition) is 1. The summed E-state index contributed by atoms with van der Waals surface area (Å²) >= 11 is 0. The molecule has 1 aliphatic carbocycles. The lowest BCUT2D eigenvalue weighted by molar-refractivity contribution is -0.180. The number of amides is 1. The predicted molar refractivity (Wildman–Crippen MR) is 95.3 cm³/mol. The second-order valence-electron chi connectivity index (χ2n) is 7.58. The monoisotopic (exact) mass is 344 g/mol. The molecule has 5 nitrogen and oxygen atoms in total. The van der Waals surface area contributed by atoms with Crippen LogP contribution >= 0.6 is 0 Å². The van der Waals surface area contributed by atoms with Crippen molar-refractivity contribution < 1.29 is 14.3 Å². The summed E-state index contributed by atoms with van der Waals surface area (Å²) < 4.78 is 11.5. The molecule has 25 heavy (non-hydrogen) atoms. The van der Waals surface area contributed by atoms with Crippen molar-refractivity contribution in [2.24, 2.45) is 0 Å². The highest BCUT2D eigenvalue weighted by atomic mass is 16.7. The van der Waals surface area contributed by atoms with Crippen molar-refractivity contribution >= 4 is 5.91 Å². The lowest BCUT2D eigenvalue weighted by atomic mass is 9.90. The van der Waals surface area contributed by atoms with E-state index in [1.807, 2.05) is 0 Å². The number of carbonyl (C=O) groups excluding carboxylic acids is 1. The zero-order chi connectivity index (χ0) is 17.1. The van der Waals surface area contributed by atoms with E-state index in [0.29, 0.717) is 25.7 Å². The van der Waals surface area contributed by atoms with E-state index < -0.39 is 0 Å². The summed E-state index contributed by atoms with van der Waals surface area (Å²) in [6, 6.07) is 10.9. The molecule has 1 saturated carbocycles. The van der Waals surface area contributed by atoms with Crippen molar-refractivity contribution in [3.63, 3.8) is 0 Å². The number of nitrogens with one attached hydrogen (secondary N) is 1. The SMILES string of the molecule is O=C(CN1CC[C@@H](c2ccccc2)C1)NC1CCC2(CC1)OCCO2. The van der Waals surface area contributed by atoms with E-state index in [-0.39, 0.29) is 17.7 Å². The Morgan fingerprint density at radius 2 is 1.84 bits per heavy atom. The third kappa shape index (κ3) is 4.05. The minimum absolute atomic E-state index is 0.155. The van der Waals surface area contributed by atoms with Gasteiger partial charge >= 0.3 is 0 Å². The Morgan fingerprint density at radius 1 is 1.12 bits per heavy atom. The standard InChI is InChI=1S/C20H28N2O3/c23-19(21-18-6-9-20(10-7-18)24-12-13-25-20)15-22-11-8-17(14-22)16-4-2-1-3-5-16/h1-5,17-18H,6-15H2,(H,21,23)/t17-/m1/s1. The van der Waals surface area contributed by atoms with Crippen molar-refractivity contribution in [3.8, 4) is 0 Å². The van der Waals surface area contributed by atoms with Gasteiger partial charge in [0.25, 0.3) is 0 Å². The van der Waals surface area contributed by atoms with Crippen LogP contribution in [0.15, 0.2) is 30.3 Å². The van der Waals surface area contributed by atoms with Gasteiger partial charge in [-0.3, -0.25) is 9.69 Å². The highest BCUT2D eigenvalue weighted by Gasteiger charge is 2.40. The fourth-order valence-corrected chi connectivity index (χ4v) is 4.44. The van der Waals surface area contributed by atoms with Gasteiger partial charge in [0.15, 0.2) is 5.79 Å². The van der Waals surface area contributed by atoms with E-state index in [1.54, 1.807) is 0 Å². The number of ether oxygens (including phenoxy) is 2. The molecule has 4 rings (SSSR count). The van der Waals surface area contributed by atoms with Crippen LogP contribution in [-0.4, -0.2) is 55.5 Å². The number of nitrogens with zero attached hydrogens (tertiary/aromatic N) is 1. The summed E-state index contributed by atoms with van der Waals surface area (Å²) in [5.41, 5.74) is 1.39. The van der Waals surface area contributed by atoms with Crippen molar-refractivity contribution in [2.45, 2.75) is 49.9 Å². The van der Waals surface area contributed by atoms with E-state index in [9.17, 15) is 4.79 Å². The lowest BCUT2D eigenvalue weighted by Crippen LogP contribution is -2.46. The molecule has 136 valence electrons. The predicted octanol–water partition coefficient (Wildman–Crippen LogP) is 2.28. The Morgan fingerprint density at radius 3 is 2.56 bits per heavy atom. The molecule has 2 heterocycles. The number of likely N-dealkylation sites (tertiary alicyclic amines) is 1. The molecule has 0 bridgehead atoms. The number of hydrogen-bond acceptors (Lipinski definition) is 4. The average Bonchev–Trinajstić information content (AvgIpc) is 3.28. The zero-order valence-corrected chi connectivity index (χ0v) is 14.8. The summed E-state index contributed by atoms with van der Waals surface area (Å²) in [7, 11) is 0. The van der Waals surface area contributed by atoms with Gasteiger partial charge in [0.05, 0.1) is 19.8 Å². The molecule has 3 aliphatic rings. The number of benzene rings is 1. The molecular weight excluding hydrogens is 316 g/mol. The maximum Gasteiger partial charge on any atom is 0.234 e. The van der Waals surface area contributed by atoms with Gasteiger partial charge in [-0.05, 0) is 37.3 Å². The van der Waals surface area contributed by atoms with Crippen LogP contribution in [0.1, 0.15) is 43.6 Å². The minimum Gasteiger partial charge on any atom is -0.352 e.